The predicted octanol–water partition coefficient (Wildman–Crippen LogP) is 4.73. The first-order valence-electron chi connectivity index (χ1n) is 7.29. The van der Waals surface area contributed by atoms with Gasteiger partial charge in [0.15, 0.2) is 11.5 Å². The molecule has 122 valence electrons. The lowest BCUT2D eigenvalue weighted by atomic mass is 10.0. The number of amides is 1. The molecule has 0 atom stereocenters. The van der Waals surface area contributed by atoms with Gasteiger partial charge in [0.25, 0.3) is 5.91 Å². The summed E-state index contributed by atoms with van der Waals surface area (Å²) in [6.45, 7) is 4.21. The highest BCUT2D eigenvalue weighted by atomic mass is 35.5. The van der Waals surface area contributed by atoms with Crippen molar-refractivity contribution in [1.29, 1.82) is 0 Å². The number of rotatable bonds is 5. The van der Waals surface area contributed by atoms with E-state index >= 15 is 0 Å². The molecule has 4 nitrogen and oxygen atoms in total. The van der Waals surface area contributed by atoms with Gasteiger partial charge in [0.2, 0.25) is 0 Å². The summed E-state index contributed by atoms with van der Waals surface area (Å²) in [6.07, 6.45) is 0. The van der Waals surface area contributed by atoms with Gasteiger partial charge in [-0.2, -0.15) is 0 Å². The van der Waals surface area contributed by atoms with E-state index in [1.807, 2.05) is 24.3 Å². The molecular weight excluding hydrogens is 314 g/mol. The molecule has 0 heterocycles. The zero-order valence-corrected chi connectivity index (χ0v) is 14.4. The Kier molecular flexibility index (Phi) is 5.50. The van der Waals surface area contributed by atoms with Crippen LogP contribution in [0.1, 0.15) is 35.7 Å². The molecule has 23 heavy (non-hydrogen) atoms. The number of hydrogen-bond acceptors (Lipinski definition) is 3. The summed E-state index contributed by atoms with van der Waals surface area (Å²) in [5.41, 5.74) is 2.31. The first-order valence-corrected chi connectivity index (χ1v) is 7.67. The third-order valence-corrected chi connectivity index (χ3v) is 3.79. The van der Waals surface area contributed by atoms with Gasteiger partial charge in [-0.1, -0.05) is 37.6 Å². The van der Waals surface area contributed by atoms with Crippen LogP contribution in [0.2, 0.25) is 5.02 Å². The van der Waals surface area contributed by atoms with Gasteiger partial charge < -0.3 is 14.8 Å². The first-order chi connectivity index (χ1) is 11.0. The Hall–Kier alpha value is -2.20. The number of methoxy groups -OCH3 is 2. The fraction of sp³-hybridized carbons (Fsp3) is 0.278. The molecule has 0 saturated heterocycles. The molecule has 0 unspecified atom stereocenters. The van der Waals surface area contributed by atoms with Crippen LogP contribution in [0.4, 0.5) is 5.69 Å². The number of benzene rings is 2. The second-order valence-corrected chi connectivity index (χ2v) is 5.84. The third kappa shape index (κ3) is 3.96. The normalized spacial score (nSPS) is 10.5. The summed E-state index contributed by atoms with van der Waals surface area (Å²) in [4.78, 5) is 12.4. The molecule has 0 spiro atoms. The van der Waals surface area contributed by atoms with E-state index in [1.54, 1.807) is 12.1 Å². The van der Waals surface area contributed by atoms with Gasteiger partial charge in [-0.25, -0.2) is 0 Å². The van der Waals surface area contributed by atoms with Crippen LogP contribution in [0.15, 0.2) is 36.4 Å². The molecule has 0 aromatic heterocycles. The van der Waals surface area contributed by atoms with Gasteiger partial charge in [0.1, 0.15) is 0 Å². The maximum absolute atomic E-state index is 12.4. The highest BCUT2D eigenvalue weighted by molar-refractivity contribution is 6.32. The monoisotopic (exact) mass is 333 g/mol. The molecule has 2 rings (SSSR count). The minimum absolute atomic E-state index is 0.256. The minimum atomic E-state index is -0.256. The number of anilines is 1. The van der Waals surface area contributed by atoms with Crippen molar-refractivity contribution in [3.05, 3.63) is 52.5 Å². The van der Waals surface area contributed by atoms with Gasteiger partial charge in [-0.15, -0.1) is 0 Å². The number of hydrogen-bond donors (Lipinski definition) is 1. The largest absolute Gasteiger partial charge is 0.493 e. The lowest BCUT2D eigenvalue weighted by molar-refractivity contribution is 0.102. The Morgan fingerprint density at radius 2 is 1.87 bits per heavy atom. The van der Waals surface area contributed by atoms with Gasteiger partial charge in [0.05, 0.1) is 19.2 Å². The molecule has 0 fully saturated rings. The number of carbonyl (C=O) groups excluding carboxylic acids is 1. The average molecular weight is 334 g/mol. The van der Waals surface area contributed by atoms with Crippen LogP contribution in [0.5, 0.6) is 11.5 Å². The van der Waals surface area contributed by atoms with Crippen molar-refractivity contribution in [2.75, 3.05) is 19.5 Å². The van der Waals surface area contributed by atoms with Gasteiger partial charge in [0, 0.05) is 11.3 Å². The Bertz CT molecular complexity index is 713. The quantitative estimate of drug-likeness (QED) is 0.860. The van der Waals surface area contributed by atoms with E-state index in [0.29, 0.717) is 28.0 Å². The van der Waals surface area contributed by atoms with E-state index < -0.39 is 0 Å². The molecule has 0 aliphatic carbocycles. The van der Waals surface area contributed by atoms with Crippen molar-refractivity contribution in [1.82, 2.24) is 0 Å². The second kappa shape index (κ2) is 7.38. The van der Waals surface area contributed by atoms with Crippen LogP contribution in [-0.4, -0.2) is 20.1 Å². The van der Waals surface area contributed by atoms with Crippen LogP contribution in [0.3, 0.4) is 0 Å². The molecule has 0 aliphatic rings. The zero-order valence-electron chi connectivity index (χ0n) is 13.6. The standard InChI is InChI=1S/C18H20ClNO3/c1-11(2)12-6-5-7-14(8-12)20-18(21)13-9-15(19)17(23-4)16(10-13)22-3/h5-11H,1-4H3,(H,20,21). The maximum Gasteiger partial charge on any atom is 0.255 e. The van der Waals surface area contributed by atoms with Crippen LogP contribution >= 0.6 is 11.6 Å². The molecule has 1 N–H and O–H groups in total. The summed E-state index contributed by atoms with van der Waals surface area (Å²) in [5, 5.41) is 3.20. The summed E-state index contributed by atoms with van der Waals surface area (Å²) >= 11 is 6.14. The van der Waals surface area contributed by atoms with Crippen molar-refractivity contribution < 1.29 is 14.3 Å². The van der Waals surface area contributed by atoms with E-state index in [2.05, 4.69) is 19.2 Å². The van der Waals surface area contributed by atoms with Crippen LogP contribution < -0.4 is 14.8 Å². The maximum atomic E-state index is 12.4. The second-order valence-electron chi connectivity index (χ2n) is 5.43. The van der Waals surface area contributed by atoms with E-state index in [4.69, 9.17) is 21.1 Å². The van der Waals surface area contributed by atoms with Gasteiger partial charge in [-0.3, -0.25) is 4.79 Å². The fourth-order valence-corrected chi connectivity index (χ4v) is 2.52. The smallest absolute Gasteiger partial charge is 0.255 e. The lowest BCUT2D eigenvalue weighted by Gasteiger charge is -2.13. The Morgan fingerprint density at radius 1 is 1.13 bits per heavy atom. The average Bonchev–Trinajstić information content (AvgIpc) is 2.54. The van der Waals surface area contributed by atoms with Crippen LogP contribution in [0.25, 0.3) is 0 Å². The topological polar surface area (TPSA) is 47.6 Å². The Labute approximate surface area is 141 Å². The van der Waals surface area contributed by atoms with E-state index in [9.17, 15) is 4.79 Å². The van der Waals surface area contributed by atoms with Gasteiger partial charge >= 0.3 is 0 Å². The van der Waals surface area contributed by atoms with E-state index in [1.165, 1.54) is 14.2 Å². The molecule has 0 radical (unpaired) electrons. The van der Waals surface area contributed by atoms with Crippen molar-refractivity contribution in [3.8, 4) is 11.5 Å². The Morgan fingerprint density at radius 3 is 2.48 bits per heavy atom. The van der Waals surface area contributed by atoms with Gasteiger partial charge in [-0.05, 0) is 35.7 Å². The molecular formula is C18H20ClNO3. The van der Waals surface area contributed by atoms with Crippen LogP contribution in [0, 0.1) is 0 Å². The molecule has 2 aromatic rings. The van der Waals surface area contributed by atoms with E-state index in [-0.39, 0.29) is 5.91 Å². The molecule has 0 saturated carbocycles. The summed E-state index contributed by atoms with van der Waals surface area (Å²) in [7, 11) is 3.00. The third-order valence-electron chi connectivity index (χ3n) is 3.51. The fourth-order valence-electron chi connectivity index (χ4n) is 2.23. The molecule has 0 bridgehead atoms. The highest BCUT2D eigenvalue weighted by Gasteiger charge is 2.15. The first kappa shape index (κ1) is 17.2. The number of ether oxygens (including phenoxy) is 2. The highest BCUT2D eigenvalue weighted by Crippen LogP contribution is 2.36. The number of halogens is 1. The number of carbonyl (C=O) groups is 1. The molecule has 1 amide bonds. The van der Waals surface area contributed by atoms with Crippen molar-refractivity contribution in [2.45, 2.75) is 19.8 Å². The zero-order chi connectivity index (χ0) is 17.0. The SMILES string of the molecule is COc1cc(C(=O)Nc2cccc(C(C)C)c2)cc(Cl)c1OC. The van der Waals surface area contributed by atoms with Crippen LogP contribution in [-0.2, 0) is 0 Å². The lowest BCUT2D eigenvalue weighted by Crippen LogP contribution is -2.12. The summed E-state index contributed by atoms with van der Waals surface area (Å²) in [5.74, 6) is 0.963. The van der Waals surface area contributed by atoms with Crippen molar-refractivity contribution in [3.63, 3.8) is 0 Å². The van der Waals surface area contributed by atoms with Crippen molar-refractivity contribution in [2.24, 2.45) is 0 Å². The number of nitrogens with one attached hydrogen (secondary N) is 1. The molecule has 2 aromatic carbocycles. The summed E-state index contributed by atoms with van der Waals surface area (Å²) in [6, 6.07) is 10.9. The van der Waals surface area contributed by atoms with Crippen molar-refractivity contribution >= 4 is 23.2 Å². The molecule has 5 heteroatoms. The predicted molar refractivity (Wildman–Crippen MR) is 93.0 cm³/mol. The Balaban J connectivity index is 2.27. The summed E-state index contributed by atoms with van der Waals surface area (Å²) < 4.78 is 10.4. The van der Waals surface area contributed by atoms with E-state index in [0.717, 1.165) is 11.3 Å². The molecule has 0 aliphatic heterocycles. The minimum Gasteiger partial charge on any atom is -0.493 e.